The lowest BCUT2D eigenvalue weighted by Crippen LogP contribution is -2.32. The summed E-state index contributed by atoms with van der Waals surface area (Å²) in [7, 11) is 0. The standard InChI is InChI=1S/C18H30N2/c1-3-8-17(9-4-2)19-13-7-14-20-15-12-16-10-5-6-11-18(16)20/h5-6,10-11,17,19H,3-4,7-9,12-15H2,1-2H3. The van der Waals surface area contributed by atoms with Crippen molar-refractivity contribution >= 4 is 5.69 Å². The normalized spacial score (nSPS) is 14.1. The first-order valence-electron chi connectivity index (χ1n) is 8.41. The molecule has 0 bridgehead atoms. The molecule has 1 aromatic carbocycles. The summed E-state index contributed by atoms with van der Waals surface area (Å²) in [5, 5.41) is 3.74. The predicted molar refractivity (Wildman–Crippen MR) is 88.6 cm³/mol. The number of nitrogens with zero attached hydrogens (tertiary/aromatic N) is 1. The van der Waals surface area contributed by atoms with Gasteiger partial charge in [0.05, 0.1) is 0 Å². The van der Waals surface area contributed by atoms with Crippen molar-refractivity contribution in [2.75, 3.05) is 24.5 Å². The largest absolute Gasteiger partial charge is 0.371 e. The van der Waals surface area contributed by atoms with Crippen LogP contribution in [0, 0.1) is 0 Å². The van der Waals surface area contributed by atoms with Gasteiger partial charge in [0.25, 0.3) is 0 Å². The average Bonchev–Trinajstić information content (AvgIpc) is 2.87. The summed E-state index contributed by atoms with van der Waals surface area (Å²) in [4.78, 5) is 2.55. The molecule has 2 rings (SSSR count). The molecule has 20 heavy (non-hydrogen) atoms. The highest BCUT2D eigenvalue weighted by Gasteiger charge is 2.17. The third-order valence-corrected chi connectivity index (χ3v) is 4.30. The molecule has 1 N–H and O–H groups in total. The summed E-state index contributed by atoms with van der Waals surface area (Å²) in [6, 6.07) is 9.59. The molecule has 0 unspecified atom stereocenters. The fourth-order valence-corrected chi connectivity index (χ4v) is 3.26. The van der Waals surface area contributed by atoms with Crippen molar-refractivity contribution in [3.05, 3.63) is 29.8 Å². The van der Waals surface area contributed by atoms with Crippen LogP contribution in [0.4, 0.5) is 5.69 Å². The molecule has 1 aliphatic heterocycles. The Morgan fingerprint density at radius 3 is 2.65 bits per heavy atom. The van der Waals surface area contributed by atoms with Gasteiger partial charge in [-0.25, -0.2) is 0 Å². The molecule has 0 radical (unpaired) electrons. The van der Waals surface area contributed by atoms with Crippen LogP contribution in [-0.2, 0) is 6.42 Å². The van der Waals surface area contributed by atoms with Crippen molar-refractivity contribution in [2.24, 2.45) is 0 Å². The number of hydrogen-bond donors (Lipinski definition) is 1. The molecule has 1 aliphatic rings. The van der Waals surface area contributed by atoms with Gasteiger partial charge in [-0.1, -0.05) is 44.9 Å². The third-order valence-electron chi connectivity index (χ3n) is 4.30. The zero-order valence-corrected chi connectivity index (χ0v) is 13.2. The summed E-state index contributed by atoms with van der Waals surface area (Å²) < 4.78 is 0. The summed E-state index contributed by atoms with van der Waals surface area (Å²) in [5.74, 6) is 0. The SMILES string of the molecule is CCCC(CCC)NCCCN1CCc2ccccc21. The van der Waals surface area contributed by atoms with Gasteiger partial charge in [-0.3, -0.25) is 0 Å². The van der Waals surface area contributed by atoms with Crippen molar-refractivity contribution in [2.45, 2.75) is 58.4 Å². The van der Waals surface area contributed by atoms with Crippen LogP contribution in [0.5, 0.6) is 0 Å². The number of rotatable bonds is 9. The fourth-order valence-electron chi connectivity index (χ4n) is 3.26. The maximum absolute atomic E-state index is 3.74. The molecule has 1 aromatic rings. The van der Waals surface area contributed by atoms with E-state index in [-0.39, 0.29) is 0 Å². The zero-order valence-electron chi connectivity index (χ0n) is 13.2. The van der Waals surface area contributed by atoms with Crippen LogP contribution >= 0.6 is 0 Å². The minimum absolute atomic E-state index is 0.732. The lowest BCUT2D eigenvalue weighted by Gasteiger charge is -2.21. The summed E-state index contributed by atoms with van der Waals surface area (Å²) in [6.07, 6.45) is 7.69. The molecule has 112 valence electrons. The van der Waals surface area contributed by atoms with Crippen molar-refractivity contribution in [1.82, 2.24) is 5.32 Å². The van der Waals surface area contributed by atoms with Gasteiger partial charge in [0.15, 0.2) is 0 Å². The Labute approximate surface area is 124 Å². The molecule has 0 atom stereocenters. The number of fused-ring (bicyclic) bond motifs is 1. The Balaban J connectivity index is 1.69. The molecule has 0 amide bonds. The second-order valence-corrected chi connectivity index (χ2v) is 5.95. The number of para-hydroxylation sites is 1. The predicted octanol–water partition coefficient (Wildman–Crippen LogP) is 4.00. The number of hydrogen-bond acceptors (Lipinski definition) is 2. The Kier molecular flexibility index (Phi) is 6.38. The Morgan fingerprint density at radius 1 is 1.15 bits per heavy atom. The maximum atomic E-state index is 3.74. The molecule has 0 aliphatic carbocycles. The summed E-state index contributed by atoms with van der Waals surface area (Å²) in [5.41, 5.74) is 2.99. The Morgan fingerprint density at radius 2 is 1.90 bits per heavy atom. The Hall–Kier alpha value is -1.02. The van der Waals surface area contributed by atoms with Crippen LogP contribution in [0.25, 0.3) is 0 Å². The summed E-state index contributed by atoms with van der Waals surface area (Å²) >= 11 is 0. The van der Waals surface area contributed by atoms with Gasteiger partial charge in [-0.05, 0) is 43.9 Å². The van der Waals surface area contributed by atoms with Crippen molar-refractivity contribution in [3.63, 3.8) is 0 Å². The first-order chi connectivity index (χ1) is 9.85. The highest BCUT2D eigenvalue weighted by atomic mass is 15.1. The van der Waals surface area contributed by atoms with Gasteiger partial charge in [-0.2, -0.15) is 0 Å². The van der Waals surface area contributed by atoms with E-state index in [4.69, 9.17) is 0 Å². The number of anilines is 1. The van der Waals surface area contributed by atoms with Crippen molar-refractivity contribution in [3.8, 4) is 0 Å². The van der Waals surface area contributed by atoms with E-state index >= 15 is 0 Å². The van der Waals surface area contributed by atoms with Crippen LogP contribution in [0.1, 0.15) is 51.5 Å². The minimum atomic E-state index is 0.732. The molecule has 0 spiro atoms. The highest BCUT2D eigenvalue weighted by Crippen LogP contribution is 2.27. The van der Waals surface area contributed by atoms with Gasteiger partial charge >= 0.3 is 0 Å². The first kappa shape index (κ1) is 15.4. The number of benzene rings is 1. The van der Waals surface area contributed by atoms with Gasteiger partial charge < -0.3 is 10.2 Å². The fraction of sp³-hybridized carbons (Fsp3) is 0.667. The molecular formula is C18H30N2. The lowest BCUT2D eigenvalue weighted by molar-refractivity contribution is 0.441. The minimum Gasteiger partial charge on any atom is -0.371 e. The molecule has 0 aromatic heterocycles. The van der Waals surface area contributed by atoms with Gasteiger partial charge in [0, 0.05) is 24.8 Å². The molecule has 1 heterocycles. The van der Waals surface area contributed by atoms with E-state index in [1.807, 2.05) is 0 Å². The molecule has 2 heteroatoms. The van der Waals surface area contributed by atoms with Crippen LogP contribution < -0.4 is 10.2 Å². The van der Waals surface area contributed by atoms with E-state index in [9.17, 15) is 0 Å². The van der Waals surface area contributed by atoms with Crippen molar-refractivity contribution in [1.29, 1.82) is 0 Å². The van der Waals surface area contributed by atoms with Crippen LogP contribution in [0.15, 0.2) is 24.3 Å². The van der Waals surface area contributed by atoms with Gasteiger partial charge in [0.1, 0.15) is 0 Å². The monoisotopic (exact) mass is 274 g/mol. The van der Waals surface area contributed by atoms with Crippen molar-refractivity contribution < 1.29 is 0 Å². The van der Waals surface area contributed by atoms with Crippen LogP contribution in [0.2, 0.25) is 0 Å². The first-order valence-corrected chi connectivity index (χ1v) is 8.41. The van der Waals surface area contributed by atoms with E-state index in [2.05, 4.69) is 48.3 Å². The lowest BCUT2D eigenvalue weighted by atomic mass is 10.1. The van der Waals surface area contributed by atoms with Crippen LogP contribution in [-0.4, -0.2) is 25.7 Å². The highest BCUT2D eigenvalue weighted by molar-refractivity contribution is 5.57. The molecule has 2 nitrogen and oxygen atoms in total. The molecule has 0 fully saturated rings. The van der Waals surface area contributed by atoms with E-state index in [0.29, 0.717) is 0 Å². The smallest absolute Gasteiger partial charge is 0.0399 e. The molecule has 0 saturated heterocycles. The van der Waals surface area contributed by atoms with Gasteiger partial charge in [-0.15, -0.1) is 0 Å². The maximum Gasteiger partial charge on any atom is 0.0399 e. The molecular weight excluding hydrogens is 244 g/mol. The van der Waals surface area contributed by atoms with E-state index < -0.39 is 0 Å². The van der Waals surface area contributed by atoms with E-state index in [0.717, 1.165) is 12.6 Å². The second-order valence-electron chi connectivity index (χ2n) is 5.95. The summed E-state index contributed by atoms with van der Waals surface area (Å²) in [6.45, 7) is 8.11. The molecule has 0 saturated carbocycles. The zero-order chi connectivity index (χ0) is 14.2. The quantitative estimate of drug-likeness (QED) is 0.685. The number of nitrogens with one attached hydrogen (secondary N) is 1. The Bertz CT molecular complexity index is 383. The van der Waals surface area contributed by atoms with Crippen LogP contribution in [0.3, 0.4) is 0 Å². The van der Waals surface area contributed by atoms with E-state index in [1.54, 1.807) is 0 Å². The topological polar surface area (TPSA) is 15.3 Å². The van der Waals surface area contributed by atoms with Gasteiger partial charge in [0.2, 0.25) is 0 Å². The average molecular weight is 274 g/mol. The third kappa shape index (κ3) is 4.24. The van der Waals surface area contributed by atoms with E-state index in [1.165, 1.54) is 62.9 Å². The second kappa shape index (κ2) is 8.31.